The quantitative estimate of drug-likeness (QED) is 0.341. The average Bonchev–Trinajstić information content (AvgIpc) is 2.69. The second-order valence-electron chi connectivity index (χ2n) is 4.65. The summed E-state index contributed by atoms with van der Waals surface area (Å²) in [5.41, 5.74) is 0. The molecule has 0 aromatic heterocycles. The first-order valence-electron chi connectivity index (χ1n) is 5.76. The van der Waals surface area contributed by atoms with E-state index in [9.17, 15) is 15.3 Å². The molecule has 5 atom stereocenters. The topological polar surface area (TPSA) is 76.0 Å². The zero-order valence-corrected chi connectivity index (χ0v) is 9.29. The molecular formula is C11H20N2O3. The molecule has 2 fully saturated rings. The van der Waals surface area contributed by atoms with Gasteiger partial charge in [0.25, 0.3) is 0 Å². The maximum absolute atomic E-state index is 9.85. The van der Waals surface area contributed by atoms with Gasteiger partial charge in [-0.15, -0.1) is 6.58 Å². The number of hydrogen-bond acceptors (Lipinski definition) is 5. The molecule has 0 bridgehead atoms. The van der Waals surface area contributed by atoms with Gasteiger partial charge in [-0.3, -0.25) is 4.90 Å². The minimum Gasteiger partial charge on any atom is -0.391 e. The highest BCUT2D eigenvalue weighted by atomic mass is 16.3. The van der Waals surface area contributed by atoms with Crippen molar-refractivity contribution in [1.82, 2.24) is 10.2 Å². The van der Waals surface area contributed by atoms with E-state index in [1.54, 1.807) is 6.08 Å². The van der Waals surface area contributed by atoms with E-state index in [0.717, 1.165) is 13.1 Å². The van der Waals surface area contributed by atoms with Crippen LogP contribution in [0.3, 0.4) is 0 Å². The summed E-state index contributed by atoms with van der Waals surface area (Å²) in [6, 6.07) is -0.114. The summed E-state index contributed by atoms with van der Waals surface area (Å²) in [4.78, 5) is 2.01. The maximum Gasteiger partial charge on any atom is 0.0991 e. The summed E-state index contributed by atoms with van der Waals surface area (Å²) in [6.07, 6.45) is 0.346. The number of nitrogens with zero attached hydrogens (tertiary/aromatic N) is 1. The Bertz CT molecular complexity index is 262. The molecule has 2 aliphatic heterocycles. The Morgan fingerprint density at radius 3 is 2.75 bits per heavy atom. The Morgan fingerprint density at radius 2 is 2.06 bits per heavy atom. The highest BCUT2D eigenvalue weighted by Crippen LogP contribution is 2.33. The molecule has 4 N–H and O–H groups in total. The zero-order valence-electron chi connectivity index (χ0n) is 9.29. The molecule has 0 aliphatic carbocycles. The minimum atomic E-state index is -0.820. The van der Waals surface area contributed by atoms with E-state index in [1.165, 1.54) is 0 Å². The smallest absolute Gasteiger partial charge is 0.0991 e. The molecule has 0 radical (unpaired) electrons. The molecule has 5 unspecified atom stereocenters. The lowest BCUT2D eigenvalue weighted by atomic mass is 10.0. The molecule has 0 amide bonds. The summed E-state index contributed by atoms with van der Waals surface area (Å²) in [6.45, 7) is 5.55. The van der Waals surface area contributed by atoms with Crippen LogP contribution in [-0.2, 0) is 0 Å². The highest BCUT2D eigenvalue weighted by molar-refractivity contribution is 5.06. The Hall–Kier alpha value is -0.460. The monoisotopic (exact) mass is 228 g/mol. The third-order valence-electron chi connectivity index (χ3n) is 3.57. The average molecular weight is 228 g/mol. The van der Waals surface area contributed by atoms with Crippen LogP contribution in [0.25, 0.3) is 0 Å². The number of aliphatic hydroxyl groups excluding tert-OH is 3. The zero-order chi connectivity index (χ0) is 11.7. The molecule has 0 spiro atoms. The van der Waals surface area contributed by atoms with E-state index in [2.05, 4.69) is 11.9 Å². The Labute approximate surface area is 95.4 Å². The first-order chi connectivity index (χ1) is 7.65. The van der Waals surface area contributed by atoms with E-state index in [-0.39, 0.29) is 12.1 Å². The van der Waals surface area contributed by atoms with Gasteiger partial charge in [-0.25, -0.2) is 0 Å². The lowest BCUT2D eigenvalue weighted by Crippen LogP contribution is -2.42. The number of fused-ring (bicyclic) bond motifs is 1. The Balaban J connectivity index is 1.95. The van der Waals surface area contributed by atoms with Crippen LogP contribution in [0.4, 0.5) is 0 Å². The highest BCUT2D eigenvalue weighted by Gasteiger charge is 2.51. The summed E-state index contributed by atoms with van der Waals surface area (Å²) in [5.74, 6) is 0. The minimum absolute atomic E-state index is 0.187. The maximum atomic E-state index is 9.85. The van der Waals surface area contributed by atoms with E-state index in [4.69, 9.17) is 0 Å². The van der Waals surface area contributed by atoms with Crippen LogP contribution in [0.5, 0.6) is 0 Å². The first-order valence-corrected chi connectivity index (χ1v) is 5.76. The number of aliphatic hydroxyl groups is 3. The molecule has 0 saturated carbocycles. The summed E-state index contributed by atoms with van der Waals surface area (Å²) in [5, 5.41) is 32.4. The normalized spacial score (nSPS) is 43.6. The predicted octanol–water partition coefficient (Wildman–Crippen LogP) is -1.70. The van der Waals surface area contributed by atoms with Gasteiger partial charge in [-0.2, -0.15) is 0 Å². The van der Waals surface area contributed by atoms with Gasteiger partial charge in [0, 0.05) is 25.7 Å². The second kappa shape index (κ2) is 4.81. The van der Waals surface area contributed by atoms with E-state index in [1.807, 2.05) is 4.90 Å². The van der Waals surface area contributed by atoms with Crippen molar-refractivity contribution < 1.29 is 15.3 Å². The van der Waals surface area contributed by atoms with Gasteiger partial charge in [-0.05, 0) is 6.42 Å². The summed E-state index contributed by atoms with van der Waals surface area (Å²) < 4.78 is 0. The van der Waals surface area contributed by atoms with Gasteiger partial charge in [0.15, 0.2) is 0 Å². The Kier molecular flexibility index (Phi) is 3.61. The lowest BCUT2D eigenvalue weighted by molar-refractivity contribution is 0.00785. The molecule has 0 aromatic rings. The van der Waals surface area contributed by atoms with Crippen LogP contribution in [0.1, 0.15) is 6.42 Å². The van der Waals surface area contributed by atoms with Gasteiger partial charge in [0.2, 0.25) is 0 Å². The van der Waals surface area contributed by atoms with Crippen molar-refractivity contribution >= 4 is 0 Å². The largest absolute Gasteiger partial charge is 0.391 e. The summed E-state index contributed by atoms with van der Waals surface area (Å²) in [7, 11) is 0. The fourth-order valence-electron chi connectivity index (χ4n) is 2.82. The summed E-state index contributed by atoms with van der Waals surface area (Å²) >= 11 is 0. The van der Waals surface area contributed by atoms with Crippen molar-refractivity contribution in [2.75, 3.05) is 19.6 Å². The fraction of sp³-hybridized carbons (Fsp3) is 0.818. The molecule has 2 aliphatic rings. The Morgan fingerprint density at radius 1 is 1.31 bits per heavy atom. The van der Waals surface area contributed by atoms with Gasteiger partial charge in [-0.1, -0.05) is 6.08 Å². The lowest BCUT2D eigenvalue weighted by Gasteiger charge is -2.23. The van der Waals surface area contributed by atoms with Crippen LogP contribution < -0.4 is 5.32 Å². The van der Waals surface area contributed by atoms with Crippen molar-refractivity contribution in [3.63, 3.8) is 0 Å². The van der Waals surface area contributed by atoms with Crippen molar-refractivity contribution in [2.45, 2.75) is 36.8 Å². The van der Waals surface area contributed by atoms with Crippen LogP contribution >= 0.6 is 0 Å². The standard InChI is InChI=1S/C11H20N2O3/c1-2-3-12-5-7-4-8(14)10-11(16)9(15)6-13(7)10/h2,7-12,14-16H,1,3-6H2. The van der Waals surface area contributed by atoms with E-state index < -0.39 is 18.3 Å². The molecular weight excluding hydrogens is 208 g/mol. The van der Waals surface area contributed by atoms with E-state index in [0.29, 0.717) is 13.0 Å². The number of rotatable bonds is 4. The molecule has 2 heterocycles. The third-order valence-corrected chi connectivity index (χ3v) is 3.57. The number of hydrogen-bond donors (Lipinski definition) is 4. The van der Waals surface area contributed by atoms with Crippen molar-refractivity contribution in [3.8, 4) is 0 Å². The van der Waals surface area contributed by atoms with Crippen molar-refractivity contribution in [1.29, 1.82) is 0 Å². The predicted molar refractivity (Wildman–Crippen MR) is 60.0 cm³/mol. The van der Waals surface area contributed by atoms with E-state index >= 15 is 0 Å². The first kappa shape index (κ1) is 12.0. The van der Waals surface area contributed by atoms with Crippen LogP contribution in [0, 0.1) is 0 Å². The molecule has 5 heteroatoms. The second-order valence-corrected chi connectivity index (χ2v) is 4.65. The van der Waals surface area contributed by atoms with Crippen LogP contribution in [0.15, 0.2) is 12.7 Å². The van der Waals surface area contributed by atoms with Gasteiger partial charge in [0.1, 0.15) is 0 Å². The van der Waals surface area contributed by atoms with Crippen molar-refractivity contribution in [2.24, 2.45) is 0 Å². The van der Waals surface area contributed by atoms with Gasteiger partial charge < -0.3 is 20.6 Å². The molecule has 16 heavy (non-hydrogen) atoms. The molecule has 2 saturated heterocycles. The fourth-order valence-corrected chi connectivity index (χ4v) is 2.82. The van der Waals surface area contributed by atoms with Gasteiger partial charge >= 0.3 is 0 Å². The molecule has 92 valence electrons. The molecule has 2 rings (SSSR count). The SMILES string of the molecule is C=CCNCC1CC(O)C2C(O)C(O)CN12. The van der Waals surface area contributed by atoms with Crippen LogP contribution in [0.2, 0.25) is 0 Å². The molecule has 5 nitrogen and oxygen atoms in total. The van der Waals surface area contributed by atoms with Crippen LogP contribution in [-0.4, -0.2) is 70.2 Å². The molecule has 0 aromatic carbocycles. The number of nitrogens with one attached hydrogen (secondary N) is 1. The van der Waals surface area contributed by atoms with Gasteiger partial charge in [0.05, 0.1) is 24.4 Å². The third kappa shape index (κ3) is 2.01. The van der Waals surface area contributed by atoms with Crippen molar-refractivity contribution in [3.05, 3.63) is 12.7 Å².